The van der Waals surface area contributed by atoms with Crippen molar-refractivity contribution in [1.29, 1.82) is 0 Å². The highest BCUT2D eigenvalue weighted by molar-refractivity contribution is 7.47. The fourth-order valence-electron chi connectivity index (χ4n) is 12.3. The van der Waals surface area contributed by atoms with E-state index in [0.29, 0.717) is 31.6 Å². The fraction of sp³-hybridized carbons (Fsp3) is 0.950. The molecular weight excluding hydrogens is 1290 g/mol. The molecule has 3 unspecified atom stereocenters. The van der Waals surface area contributed by atoms with E-state index < -0.39 is 97.5 Å². The number of ether oxygens (including phenoxy) is 4. The molecule has 19 heteroatoms. The van der Waals surface area contributed by atoms with Gasteiger partial charge in [0, 0.05) is 25.7 Å². The van der Waals surface area contributed by atoms with E-state index in [1.807, 2.05) is 0 Å². The van der Waals surface area contributed by atoms with E-state index in [1.54, 1.807) is 0 Å². The summed E-state index contributed by atoms with van der Waals surface area (Å²) in [6.45, 7) is 9.62. The molecule has 588 valence electrons. The topological polar surface area (TPSA) is 237 Å². The highest BCUT2D eigenvalue weighted by Crippen LogP contribution is 2.45. The Morgan fingerprint density at radius 2 is 0.515 bits per heavy atom. The number of aliphatic hydroxyl groups is 1. The van der Waals surface area contributed by atoms with Crippen molar-refractivity contribution in [3.05, 3.63) is 0 Å². The minimum absolute atomic E-state index is 0.106. The lowest BCUT2D eigenvalue weighted by Gasteiger charge is -2.21. The largest absolute Gasteiger partial charge is 0.472 e. The van der Waals surface area contributed by atoms with Crippen molar-refractivity contribution < 1.29 is 80.2 Å². The minimum atomic E-state index is -4.96. The second kappa shape index (κ2) is 71.7. The molecule has 0 saturated carbocycles. The van der Waals surface area contributed by atoms with Crippen molar-refractivity contribution in [2.24, 2.45) is 11.8 Å². The van der Waals surface area contributed by atoms with Gasteiger partial charge < -0.3 is 33.8 Å². The Morgan fingerprint density at radius 3 is 0.768 bits per heavy atom. The fourth-order valence-corrected chi connectivity index (χ4v) is 13.9. The number of carbonyl (C=O) groups excluding carboxylic acids is 4. The van der Waals surface area contributed by atoms with E-state index in [4.69, 9.17) is 37.0 Å². The van der Waals surface area contributed by atoms with E-state index in [0.717, 1.165) is 102 Å². The van der Waals surface area contributed by atoms with Crippen molar-refractivity contribution in [1.82, 2.24) is 0 Å². The van der Waals surface area contributed by atoms with Crippen LogP contribution in [-0.2, 0) is 65.4 Å². The third kappa shape index (κ3) is 72.8. The van der Waals surface area contributed by atoms with Gasteiger partial charge in [0.25, 0.3) is 0 Å². The van der Waals surface area contributed by atoms with E-state index in [9.17, 15) is 43.2 Å². The summed E-state index contributed by atoms with van der Waals surface area (Å²) in [4.78, 5) is 72.9. The van der Waals surface area contributed by atoms with Gasteiger partial charge in [-0.15, -0.1) is 0 Å². The van der Waals surface area contributed by atoms with Gasteiger partial charge >= 0.3 is 39.5 Å². The molecule has 0 aromatic carbocycles. The van der Waals surface area contributed by atoms with Gasteiger partial charge in [0.2, 0.25) is 0 Å². The average molecular weight is 1450 g/mol. The van der Waals surface area contributed by atoms with Crippen LogP contribution in [0.3, 0.4) is 0 Å². The van der Waals surface area contributed by atoms with Crippen LogP contribution in [0.25, 0.3) is 0 Å². The van der Waals surface area contributed by atoms with Crippen molar-refractivity contribution in [3.8, 4) is 0 Å². The van der Waals surface area contributed by atoms with Gasteiger partial charge in [0.05, 0.1) is 26.4 Å². The summed E-state index contributed by atoms with van der Waals surface area (Å²) in [6.07, 6.45) is 61.1. The first-order chi connectivity index (χ1) is 47.9. The van der Waals surface area contributed by atoms with E-state index in [-0.39, 0.29) is 25.7 Å². The molecule has 6 atom stereocenters. The van der Waals surface area contributed by atoms with Crippen molar-refractivity contribution in [2.45, 2.75) is 439 Å². The molecule has 0 bridgehead atoms. The standard InChI is InChI=1S/C80H156O17P2/c1-7-10-12-14-16-18-20-21-22-23-24-25-26-27-32-36-40-46-53-59-65-80(85)96-75(68-90-77(82)62-56-50-44-38-35-31-29-28-30-34-37-43-49-55-61-73(6)9-3)70-94-98(86,87)92-66-74(81)67-93-99(88,89)95-71-76(69-91-78(83)63-57-51-47-41-42-48-54-60-72(4)5)97-79(84)64-58-52-45-39-33-19-17-15-13-11-8-2/h72-76,81H,7-71H2,1-6H3,(H,86,87)(H,88,89)/t73?,74-,75-,76-/m1/s1. The molecule has 0 aromatic heterocycles. The molecule has 0 saturated heterocycles. The summed E-state index contributed by atoms with van der Waals surface area (Å²) in [5.74, 6) is -0.556. The number of phosphoric ester groups is 2. The summed E-state index contributed by atoms with van der Waals surface area (Å²) in [6, 6.07) is 0. The van der Waals surface area contributed by atoms with E-state index >= 15 is 0 Å². The number of hydrogen-bond donors (Lipinski definition) is 3. The summed E-state index contributed by atoms with van der Waals surface area (Å²) in [7, 11) is -9.92. The molecule has 0 amide bonds. The van der Waals surface area contributed by atoms with E-state index in [1.165, 1.54) is 231 Å². The molecule has 0 fully saturated rings. The zero-order valence-corrected chi connectivity index (χ0v) is 66.6. The van der Waals surface area contributed by atoms with Crippen LogP contribution in [0.5, 0.6) is 0 Å². The number of aliphatic hydroxyl groups excluding tert-OH is 1. The van der Waals surface area contributed by atoms with Gasteiger partial charge in [-0.05, 0) is 37.5 Å². The molecule has 0 aromatic rings. The predicted octanol–water partition coefficient (Wildman–Crippen LogP) is 23.9. The van der Waals surface area contributed by atoms with Crippen LogP contribution in [0.15, 0.2) is 0 Å². The van der Waals surface area contributed by atoms with Crippen molar-refractivity contribution in [2.75, 3.05) is 39.6 Å². The Hall–Kier alpha value is -1.94. The normalized spacial score (nSPS) is 14.2. The van der Waals surface area contributed by atoms with Gasteiger partial charge in [-0.3, -0.25) is 37.3 Å². The Labute approximate surface area is 607 Å². The van der Waals surface area contributed by atoms with Crippen LogP contribution in [0.4, 0.5) is 0 Å². The molecule has 0 rings (SSSR count). The van der Waals surface area contributed by atoms with Gasteiger partial charge in [-0.25, -0.2) is 9.13 Å². The maximum absolute atomic E-state index is 13.1. The lowest BCUT2D eigenvalue weighted by Crippen LogP contribution is -2.30. The monoisotopic (exact) mass is 1450 g/mol. The summed E-state index contributed by atoms with van der Waals surface area (Å²) >= 11 is 0. The first-order valence-electron chi connectivity index (χ1n) is 41.5. The summed E-state index contributed by atoms with van der Waals surface area (Å²) < 4.78 is 68.6. The van der Waals surface area contributed by atoms with Crippen molar-refractivity contribution >= 4 is 39.5 Å². The lowest BCUT2D eigenvalue weighted by atomic mass is 9.99. The molecule has 0 aliphatic heterocycles. The van der Waals surface area contributed by atoms with Gasteiger partial charge in [0.1, 0.15) is 19.3 Å². The Morgan fingerprint density at radius 1 is 0.293 bits per heavy atom. The third-order valence-electron chi connectivity index (χ3n) is 19.1. The zero-order valence-electron chi connectivity index (χ0n) is 64.8. The van der Waals surface area contributed by atoms with Crippen LogP contribution in [0, 0.1) is 11.8 Å². The lowest BCUT2D eigenvalue weighted by molar-refractivity contribution is -0.161. The molecule has 0 aliphatic rings. The highest BCUT2D eigenvalue weighted by atomic mass is 31.2. The molecule has 0 heterocycles. The number of unbranched alkanes of at least 4 members (excludes halogenated alkanes) is 48. The van der Waals surface area contributed by atoms with Crippen LogP contribution < -0.4 is 0 Å². The van der Waals surface area contributed by atoms with Crippen LogP contribution in [0.2, 0.25) is 0 Å². The molecule has 99 heavy (non-hydrogen) atoms. The first kappa shape index (κ1) is 97.1. The molecule has 0 radical (unpaired) electrons. The molecule has 17 nitrogen and oxygen atoms in total. The van der Waals surface area contributed by atoms with Crippen LogP contribution >= 0.6 is 15.6 Å². The summed E-state index contributed by atoms with van der Waals surface area (Å²) in [5, 5.41) is 10.6. The maximum atomic E-state index is 13.1. The molecule has 0 spiro atoms. The number of rotatable bonds is 79. The number of hydrogen-bond acceptors (Lipinski definition) is 15. The number of phosphoric acid groups is 2. The Bertz CT molecular complexity index is 1910. The smallest absolute Gasteiger partial charge is 0.462 e. The van der Waals surface area contributed by atoms with Crippen LogP contribution in [-0.4, -0.2) is 96.7 Å². The maximum Gasteiger partial charge on any atom is 0.472 e. The predicted molar refractivity (Wildman–Crippen MR) is 405 cm³/mol. The van der Waals surface area contributed by atoms with Gasteiger partial charge in [-0.1, -0.05) is 369 Å². The van der Waals surface area contributed by atoms with Crippen molar-refractivity contribution in [3.63, 3.8) is 0 Å². The van der Waals surface area contributed by atoms with Crippen LogP contribution in [0.1, 0.15) is 420 Å². The summed E-state index contributed by atoms with van der Waals surface area (Å²) in [5.41, 5.74) is 0. The Kier molecular flexibility index (Phi) is 70.3. The molecular formula is C80H156O17P2. The Balaban J connectivity index is 5.21. The minimum Gasteiger partial charge on any atom is -0.462 e. The number of esters is 4. The van der Waals surface area contributed by atoms with Gasteiger partial charge in [-0.2, -0.15) is 0 Å². The third-order valence-corrected chi connectivity index (χ3v) is 21.0. The molecule has 0 aliphatic carbocycles. The molecule has 3 N–H and O–H groups in total. The highest BCUT2D eigenvalue weighted by Gasteiger charge is 2.30. The first-order valence-corrected chi connectivity index (χ1v) is 44.5. The SMILES string of the molecule is CCCCCCCCCCCCCCCCCCCCCCC(=O)O[C@H](COC(=O)CCCCCCCCCCCCCCCCC(C)CC)COP(=O)(O)OC[C@@H](O)COP(=O)(O)OC[C@@H](COC(=O)CCCCCCCCCC(C)C)OC(=O)CCCCCCCCCCCCC. The number of carbonyl (C=O) groups is 4. The second-order valence-corrected chi connectivity index (χ2v) is 32.4. The second-order valence-electron chi connectivity index (χ2n) is 29.5. The average Bonchev–Trinajstić information content (AvgIpc) is 1.01. The zero-order chi connectivity index (χ0) is 72.8. The van der Waals surface area contributed by atoms with E-state index in [2.05, 4.69) is 41.5 Å². The van der Waals surface area contributed by atoms with Gasteiger partial charge in [0.15, 0.2) is 12.2 Å². The quantitative estimate of drug-likeness (QED) is 0.0222.